The van der Waals surface area contributed by atoms with E-state index in [2.05, 4.69) is 0 Å². The normalized spacial score (nSPS) is 18.6. The van der Waals surface area contributed by atoms with E-state index in [0.717, 1.165) is 18.9 Å². The molecule has 3 rings (SSSR count). The van der Waals surface area contributed by atoms with Crippen molar-refractivity contribution in [2.45, 2.75) is 38.3 Å². The Morgan fingerprint density at radius 1 is 1.07 bits per heavy atom. The second-order valence-corrected chi connectivity index (χ2v) is 8.04. The van der Waals surface area contributed by atoms with E-state index in [1.165, 1.54) is 37.1 Å². The van der Waals surface area contributed by atoms with Crippen LogP contribution in [-0.2, 0) is 15.8 Å². The van der Waals surface area contributed by atoms with Crippen LogP contribution in [0.25, 0.3) is 6.08 Å². The Bertz CT molecular complexity index is 781. The molecule has 2 amide bonds. The number of amides is 2. The molecular weight excluding hydrogens is 405 g/mol. The quantitative estimate of drug-likeness (QED) is 0.656. The molecule has 1 aliphatic heterocycles. The van der Waals surface area contributed by atoms with E-state index in [1.807, 2.05) is 0 Å². The highest BCUT2D eigenvalue weighted by molar-refractivity contribution is 6.31. The van der Waals surface area contributed by atoms with E-state index in [-0.39, 0.29) is 22.4 Å². The molecule has 0 spiro atoms. The highest BCUT2D eigenvalue weighted by atomic mass is 35.5. The zero-order valence-electron chi connectivity index (χ0n) is 16.1. The summed E-state index contributed by atoms with van der Waals surface area (Å²) in [4.78, 5) is 28.2. The van der Waals surface area contributed by atoms with Crippen LogP contribution in [0, 0.1) is 5.92 Å². The summed E-state index contributed by atoms with van der Waals surface area (Å²) in [5, 5.41) is -0.376. The number of nitrogens with zero attached hydrogens (tertiary/aromatic N) is 2. The fourth-order valence-electron chi connectivity index (χ4n) is 3.90. The summed E-state index contributed by atoms with van der Waals surface area (Å²) in [7, 11) is 0. The van der Waals surface area contributed by atoms with Gasteiger partial charge < -0.3 is 9.80 Å². The van der Waals surface area contributed by atoms with Crippen LogP contribution in [0.4, 0.5) is 13.2 Å². The molecule has 1 aromatic carbocycles. The van der Waals surface area contributed by atoms with E-state index in [1.54, 1.807) is 9.80 Å². The van der Waals surface area contributed by atoms with E-state index in [9.17, 15) is 22.8 Å². The Balaban J connectivity index is 1.52. The average molecular weight is 429 g/mol. The molecule has 0 atom stereocenters. The van der Waals surface area contributed by atoms with E-state index < -0.39 is 11.7 Å². The molecule has 1 saturated heterocycles. The fourth-order valence-corrected chi connectivity index (χ4v) is 4.13. The molecule has 1 heterocycles. The summed E-state index contributed by atoms with van der Waals surface area (Å²) in [5.74, 6) is 0.364. The molecule has 1 aromatic rings. The van der Waals surface area contributed by atoms with Crippen molar-refractivity contribution >= 4 is 29.5 Å². The second-order valence-electron chi connectivity index (χ2n) is 7.63. The van der Waals surface area contributed by atoms with Gasteiger partial charge in [-0.05, 0) is 42.5 Å². The lowest BCUT2D eigenvalue weighted by Crippen LogP contribution is -2.50. The molecule has 158 valence electrons. The minimum Gasteiger partial charge on any atom is -0.339 e. The average Bonchev–Trinajstić information content (AvgIpc) is 3.19. The van der Waals surface area contributed by atoms with Crippen molar-refractivity contribution in [2.24, 2.45) is 5.92 Å². The van der Waals surface area contributed by atoms with Crippen LogP contribution >= 0.6 is 11.6 Å². The first-order valence-corrected chi connectivity index (χ1v) is 10.2. The third kappa shape index (κ3) is 5.75. The zero-order valence-corrected chi connectivity index (χ0v) is 16.8. The van der Waals surface area contributed by atoms with Crippen LogP contribution in [0.3, 0.4) is 0 Å². The van der Waals surface area contributed by atoms with Crippen LogP contribution in [0.15, 0.2) is 24.3 Å². The molecule has 0 aromatic heterocycles. The summed E-state index contributed by atoms with van der Waals surface area (Å²) in [5.41, 5.74) is -0.677. The Kier molecular flexibility index (Phi) is 6.88. The number of piperazine rings is 1. The van der Waals surface area contributed by atoms with Crippen molar-refractivity contribution in [1.29, 1.82) is 0 Å². The van der Waals surface area contributed by atoms with Crippen molar-refractivity contribution in [3.8, 4) is 0 Å². The largest absolute Gasteiger partial charge is 0.417 e. The Hall–Kier alpha value is -2.02. The van der Waals surface area contributed by atoms with Crippen molar-refractivity contribution in [3.63, 3.8) is 0 Å². The van der Waals surface area contributed by atoms with Crippen molar-refractivity contribution < 1.29 is 22.8 Å². The van der Waals surface area contributed by atoms with Crippen LogP contribution in [-0.4, -0.2) is 47.8 Å². The molecule has 29 heavy (non-hydrogen) atoms. The number of carbonyl (C=O) groups excluding carboxylic acids is 2. The summed E-state index contributed by atoms with van der Waals surface area (Å²) >= 11 is 5.61. The smallest absolute Gasteiger partial charge is 0.339 e. The number of benzene rings is 1. The van der Waals surface area contributed by atoms with Crippen LogP contribution in [0.1, 0.15) is 43.2 Å². The second kappa shape index (κ2) is 9.20. The number of alkyl halides is 3. The van der Waals surface area contributed by atoms with Gasteiger partial charge in [-0.2, -0.15) is 13.2 Å². The van der Waals surface area contributed by atoms with Crippen LogP contribution in [0.2, 0.25) is 5.02 Å². The third-order valence-corrected chi connectivity index (χ3v) is 5.93. The predicted octanol–water partition coefficient (Wildman–Crippen LogP) is 4.62. The van der Waals surface area contributed by atoms with Gasteiger partial charge in [0.05, 0.1) is 10.6 Å². The van der Waals surface area contributed by atoms with Gasteiger partial charge in [-0.15, -0.1) is 0 Å². The summed E-state index contributed by atoms with van der Waals surface area (Å²) < 4.78 is 38.8. The first kappa shape index (κ1) is 21.7. The highest BCUT2D eigenvalue weighted by Crippen LogP contribution is 2.35. The van der Waals surface area contributed by atoms with Crippen molar-refractivity contribution in [2.75, 3.05) is 26.2 Å². The fraction of sp³-hybridized carbons (Fsp3) is 0.524. The molecule has 0 radical (unpaired) electrons. The van der Waals surface area contributed by atoms with E-state index in [0.29, 0.717) is 38.5 Å². The molecule has 0 N–H and O–H groups in total. The molecule has 2 aliphatic rings. The summed E-state index contributed by atoms with van der Waals surface area (Å²) in [6.45, 7) is 1.83. The standard InChI is InChI=1S/C21H24ClF3N2O2/c22-18-7-5-16(13-17(18)21(23,24)25)6-8-19(28)26-9-11-27(12-10-26)20(29)14-15-3-1-2-4-15/h5-8,13,15H,1-4,9-12,14H2/b8-6+. The molecule has 0 unspecified atom stereocenters. The predicted molar refractivity (Wildman–Crippen MR) is 105 cm³/mol. The van der Waals surface area contributed by atoms with Gasteiger partial charge in [0.15, 0.2) is 0 Å². The number of hydrogen-bond acceptors (Lipinski definition) is 2. The minimum atomic E-state index is -4.55. The number of rotatable bonds is 4. The van der Waals surface area contributed by atoms with Gasteiger partial charge in [0.1, 0.15) is 0 Å². The molecule has 0 bridgehead atoms. The molecular formula is C21H24ClF3N2O2. The maximum absolute atomic E-state index is 12.9. The molecule has 1 aliphatic carbocycles. The van der Waals surface area contributed by atoms with Crippen molar-refractivity contribution in [3.05, 3.63) is 40.4 Å². The van der Waals surface area contributed by atoms with Gasteiger partial charge in [-0.25, -0.2) is 0 Å². The first-order valence-electron chi connectivity index (χ1n) is 9.85. The summed E-state index contributed by atoms with van der Waals surface area (Å²) in [6, 6.07) is 3.52. The van der Waals surface area contributed by atoms with E-state index >= 15 is 0 Å². The Labute approximate surface area is 173 Å². The lowest BCUT2D eigenvalue weighted by Gasteiger charge is -2.34. The van der Waals surface area contributed by atoms with Gasteiger partial charge >= 0.3 is 6.18 Å². The molecule has 8 heteroatoms. The van der Waals surface area contributed by atoms with Gasteiger partial charge in [-0.1, -0.05) is 30.5 Å². The molecule has 4 nitrogen and oxygen atoms in total. The van der Waals surface area contributed by atoms with Crippen molar-refractivity contribution in [1.82, 2.24) is 9.80 Å². The zero-order chi connectivity index (χ0) is 21.0. The van der Waals surface area contributed by atoms with Gasteiger partial charge in [-0.3, -0.25) is 9.59 Å². The van der Waals surface area contributed by atoms with Crippen LogP contribution < -0.4 is 0 Å². The Morgan fingerprint density at radius 3 is 2.31 bits per heavy atom. The maximum atomic E-state index is 12.9. The summed E-state index contributed by atoms with van der Waals surface area (Å²) in [6.07, 6.45) is 3.30. The molecule has 1 saturated carbocycles. The maximum Gasteiger partial charge on any atom is 0.417 e. The highest BCUT2D eigenvalue weighted by Gasteiger charge is 2.33. The monoisotopic (exact) mass is 428 g/mol. The number of hydrogen-bond donors (Lipinski definition) is 0. The van der Waals surface area contributed by atoms with Gasteiger partial charge in [0.25, 0.3) is 0 Å². The number of carbonyl (C=O) groups is 2. The topological polar surface area (TPSA) is 40.6 Å². The molecule has 2 fully saturated rings. The van der Waals surface area contributed by atoms with Gasteiger partial charge in [0.2, 0.25) is 11.8 Å². The Morgan fingerprint density at radius 2 is 1.69 bits per heavy atom. The van der Waals surface area contributed by atoms with Gasteiger partial charge in [0, 0.05) is 38.7 Å². The SMILES string of the molecule is O=C(/C=C/c1ccc(Cl)c(C(F)(F)F)c1)N1CCN(C(=O)CC2CCCC2)CC1. The van der Waals surface area contributed by atoms with E-state index in [4.69, 9.17) is 11.6 Å². The van der Waals surface area contributed by atoms with Crippen LogP contribution in [0.5, 0.6) is 0 Å². The first-order chi connectivity index (χ1) is 13.7. The minimum absolute atomic E-state index is 0.153. The lowest BCUT2D eigenvalue weighted by atomic mass is 10.0. The number of halogens is 4. The third-order valence-electron chi connectivity index (χ3n) is 5.60. The lowest BCUT2D eigenvalue weighted by molar-refractivity contribution is -0.138.